The van der Waals surface area contributed by atoms with Crippen LogP contribution in [0.25, 0.3) is 0 Å². The first kappa shape index (κ1) is 5.12. The van der Waals surface area contributed by atoms with Crippen LogP contribution < -0.4 is 0 Å². The van der Waals surface area contributed by atoms with E-state index < -0.39 is 0 Å². The zero-order valence-electron chi connectivity index (χ0n) is 3.94. The molecule has 40 valence electrons. The Morgan fingerprint density at radius 3 is 2.86 bits per heavy atom. The molecule has 0 spiro atoms. The van der Waals surface area contributed by atoms with Gasteiger partial charge in [-0.1, -0.05) is 0 Å². The lowest BCUT2D eigenvalue weighted by Gasteiger charge is -2.08. The second kappa shape index (κ2) is 2.33. The Kier molecular flexibility index (Phi) is 1.70. The van der Waals surface area contributed by atoms with Gasteiger partial charge in [-0.25, -0.2) is 0 Å². The van der Waals surface area contributed by atoms with Crippen LogP contribution in [0.2, 0.25) is 0 Å². The van der Waals surface area contributed by atoms with Crippen LogP contribution in [-0.2, 0) is 4.18 Å². The standard InChI is InChI=1S/C4H7NOS/c5-4-1-2-6-7-3-4/h5H,1-3H2. The highest BCUT2D eigenvalue weighted by molar-refractivity contribution is 7.95. The first-order chi connectivity index (χ1) is 3.39. The molecule has 1 rings (SSSR count). The summed E-state index contributed by atoms with van der Waals surface area (Å²) in [5.41, 5.74) is 0.802. The van der Waals surface area contributed by atoms with Gasteiger partial charge in [0.05, 0.1) is 12.4 Å². The lowest BCUT2D eigenvalue weighted by Crippen LogP contribution is -2.09. The van der Waals surface area contributed by atoms with Gasteiger partial charge >= 0.3 is 0 Å². The van der Waals surface area contributed by atoms with Gasteiger partial charge in [0, 0.05) is 12.1 Å². The minimum absolute atomic E-state index is 0.726. The normalized spacial score (nSPS) is 22.6. The molecule has 1 N–H and O–H groups in total. The third-order valence-electron chi connectivity index (χ3n) is 0.804. The van der Waals surface area contributed by atoms with Crippen LogP contribution in [0.15, 0.2) is 0 Å². The maximum Gasteiger partial charge on any atom is 0.0666 e. The Balaban J connectivity index is 2.25. The van der Waals surface area contributed by atoms with Crippen LogP contribution in [0.5, 0.6) is 0 Å². The second-order valence-electron chi connectivity index (χ2n) is 1.44. The summed E-state index contributed by atoms with van der Waals surface area (Å²) in [6, 6.07) is 0. The van der Waals surface area contributed by atoms with E-state index in [1.165, 1.54) is 12.0 Å². The molecule has 0 saturated carbocycles. The minimum Gasteiger partial charge on any atom is -0.315 e. The van der Waals surface area contributed by atoms with Gasteiger partial charge in [0.25, 0.3) is 0 Å². The van der Waals surface area contributed by atoms with Gasteiger partial charge in [0.2, 0.25) is 0 Å². The summed E-state index contributed by atoms with van der Waals surface area (Å²) >= 11 is 1.38. The number of rotatable bonds is 0. The predicted molar refractivity (Wildman–Crippen MR) is 30.8 cm³/mol. The fourth-order valence-corrected chi connectivity index (χ4v) is 0.980. The first-order valence-corrected chi connectivity index (χ1v) is 3.11. The minimum atomic E-state index is 0.726. The van der Waals surface area contributed by atoms with Gasteiger partial charge in [-0.2, -0.15) is 0 Å². The van der Waals surface area contributed by atoms with Crippen LogP contribution in [0.3, 0.4) is 0 Å². The Hall–Kier alpha value is -0.0200. The molecular formula is C4H7NOS. The van der Waals surface area contributed by atoms with Crippen molar-refractivity contribution in [2.45, 2.75) is 6.42 Å². The van der Waals surface area contributed by atoms with Crippen molar-refractivity contribution in [2.24, 2.45) is 0 Å². The number of hydrogen-bond donors (Lipinski definition) is 1. The molecule has 1 aliphatic heterocycles. The van der Waals surface area contributed by atoms with Gasteiger partial charge < -0.3 is 9.59 Å². The third kappa shape index (κ3) is 1.49. The molecule has 0 aromatic heterocycles. The molecule has 3 heteroatoms. The summed E-state index contributed by atoms with van der Waals surface area (Å²) in [5, 5.41) is 7.09. The summed E-state index contributed by atoms with van der Waals surface area (Å²) < 4.78 is 4.92. The SMILES string of the molecule is N=C1CCOSC1. The molecule has 0 aromatic carbocycles. The van der Waals surface area contributed by atoms with Crippen LogP contribution in [0.4, 0.5) is 0 Å². The molecule has 2 nitrogen and oxygen atoms in total. The maximum absolute atomic E-state index is 7.09. The van der Waals surface area contributed by atoms with E-state index in [1.54, 1.807) is 0 Å². The highest BCUT2D eigenvalue weighted by Gasteiger charge is 2.03. The molecule has 0 aliphatic carbocycles. The zero-order valence-corrected chi connectivity index (χ0v) is 4.75. The summed E-state index contributed by atoms with van der Waals surface area (Å²) in [5.74, 6) is 0.764. The van der Waals surface area contributed by atoms with Crippen LogP contribution >= 0.6 is 12.0 Å². The van der Waals surface area contributed by atoms with Crippen molar-refractivity contribution < 1.29 is 4.18 Å². The molecular weight excluding hydrogens is 110 g/mol. The molecule has 0 atom stereocenters. The Labute approximate surface area is 47.0 Å². The molecule has 0 radical (unpaired) electrons. The lowest BCUT2D eigenvalue weighted by molar-refractivity contribution is 0.382. The molecule has 1 fully saturated rings. The van der Waals surface area contributed by atoms with Crippen molar-refractivity contribution >= 4 is 17.8 Å². The van der Waals surface area contributed by atoms with E-state index in [0.717, 1.165) is 24.5 Å². The van der Waals surface area contributed by atoms with E-state index in [-0.39, 0.29) is 0 Å². The van der Waals surface area contributed by atoms with E-state index in [9.17, 15) is 0 Å². The molecule has 1 saturated heterocycles. The smallest absolute Gasteiger partial charge is 0.0666 e. The van der Waals surface area contributed by atoms with Crippen molar-refractivity contribution in [2.75, 3.05) is 12.4 Å². The fraction of sp³-hybridized carbons (Fsp3) is 0.750. The first-order valence-electron chi connectivity index (χ1n) is 2.20. The van der Waals surface area contributed by atoms with Crippen molar-refractivity contribution in [3.8, 4) is 0 Å². The Bertz CT molecular complexity index is 75.8. The second-order valence-corrected chi connectivity index (χ2v) is 2.20. The molecule has 0 aromatic rings. The van der Waals surface area contributed by atoms with Crippen molar-refractivity contribution in [3.63, 3.8) is 0 Å². The van der Waals surface area contributed by atoms with Crippen molar-refractivity contribution in [3.05, 3.63) is 0 Å². The number of hydrogen-bond acceptors (Lipinski definition) is 3. The molecule has 0 bridgehead atoms. The fourth-order valence-electron chi connectivity index (χ4n) is 0.409. The van der Waals surface area contributed by atoms with Crippen molar-refractivity contribution in [1.82, 2.24) is 0 Å². The predicted octanol–water partition coefficient (Wildman–Crippen LogP) is 1.07. The highest BCUT2D eigenvalue weighted by atomic mass is 32.2. The highest BCUT2D eigenvalue weighted by Crippen LogP contribution is 2.10. The van der Waals surface area contributed by atoms with Gasteiger partial charge in [-0.3, -0.25) is 0 Å². The molecule has 0 amide bonds. The Morgan fingerprint density at radius 2 is 2.57 bits per heavy atom. The summed E-state index contributed by atoms with van der Waals surface area (Å²) in [6.45, 7) is 0.726. The van der Waals surface area contributed by atoms with Crippen LogP contribution in [-0.4, -0.2) is 18.1 Å². The number of nitrogens with one attached hydrogen (secondary N) is 1. The lowest BCUT2D eigenvalue weighted by atomic mass is 10.3. The monoisotopic (exact) mass is 117 g/mol. The summed E-state index contributed by atoms with van der Waals surface area (Å²) in [7, 11) is 0. The van der Waals surface area contributed by atoms with Gasteiger partial charge in [-0.15, -0.1) is 0 Å². The molecule has 7 heavy (non-hydrogen) atoms. The Morgan fingerprint density at radius 1 is 1.71 bits per heavy atom. The van der Waals surface area contributed by atoms with E-state index in [1.807, 2.05) is 0 Å². The summed E-state index contributed by atoms with van der Waals surface area (Å²) in [6.07, 6.45) is 0.826. The topological polar surface area (TPSA) is 33.1 Å². The maximum atomic E-state index is 7.09. The van der Waals surface area contributed by atoms with Crippen LogP contribution in [0.1, 0.15) is 6.42 Å². The third-order valence-corrected chi connectivity index (χ3v) is 1.60. The molecule has 0 unspecified atom stereocenters. The van der Waals surface area contributed by atoms with E-state index in [2.05, 4.69) is 0 Å². The van der Waals surface area contributed by atoms with E-state index in [4.69, 9.17) is 9.59 Å². The van der Waals surface area contributed by atoms with Crippen LogP contribution in [0, 0.1) is 5.41 Å². The van der Waals surface area contributed by atoms with Gasteiger partial charge in [0.15, 0.2) is 0 Å². The molecule has 1 heterocycles. The quantitative estimate of drug-likeness (QED) is 0.481. The average Bonchev–Trinajstić information content (AvgIpc) is 1.69. The molecule has 1 aliphatic rings. The largest absolute Gasteiger partial charge is 0.315 e. The summed E-state index contributed by atoms with van der Waals surface area (Å²) in [4.78, 5) is 0. The average molecular weight is 117 g/mol. The van der Waals surface area contributed by atoms with E-state index >= 15 is 0 Å². The van der Waals surface area contributed by atoms with E-state index in [0.29, 0.717) is 0 Å². The van der Waals surface area contributed by atoms with Crippen molar-refractivity contribution in [1.29, 1.82) is 5.41 Å². The van der Waals surface area contributed by atoms with Gasteiger partial charge in [-0.05, 0) is 12.0 Å². The van der Waals surface area contributed by atoms with Gasteiger partial charge in [0.1, 0.15) is 0 Å². The zero-order chi connectivity index (χ0) is 5.11.